The molecule has 1 rings (SSSR count). The minimum Gasteiger partial charge on any atom is -0.328 e. The second kappa shape index (κ2) is 9.85. The molecule has 1 saturated heterocycles. The molecule has 0 aliphatic carbocycles. The van der Waals surface area contributed by atoms with E-state index in [0.29, 0.717) is 0 Å². The molecule has 1 heterocycles. The van der Waals surface area contributed by atoms with Crippen molar-refractivity contribution >= 4 is 8.60 Å². The molecule has 0 aromatic heterocycles. The van der Waals surface area contributed by atoms with E-state index in [4.69, 9.17) is 15.0 Å². The number of nitrogens with zero attached hydrogens (tertiary/aromatic N) is 1. The normalized spacial score (nSPS) is 14.9. The summed E-state index contributed by atoms with van der Waals surface area (Å²) in [5.41, 5.74) is 0. The molecule has 0 aromatic carbocycles. The van der Waals surface area contributed by atoms with E-state index in [1.54, 1.807) is 6.07 Å². The van der Waals surface area contributed by atoms with Crippen LogP contribution in [0.1, 0.15) is 19.3 Å². The van der Waals surface area contributed by atoms with Gasteiger partial charge in [-0.25, -0.2) is 0 Å². The molecule has 3 N–H and O–H groups in total. The lowest BCUT2D eigenvalue weighted by Gasteiger charge is -1.97. The van der Waals surface area contributed by atoms with E-state index < -0.39 is 8.60 Å². The van der Waals surface area contributed by atoms with Gasteiger partial charge in [0, 0.05) is 0 Å². The van der Waals surface area contributed by atoms with Crippen molar-refractivity contribution in [3.63, 3.8) is 0 Å². The predicted octanol–water partition coefficient (Wildman–Crippen LogP) is 0.498. The summed E-state index contributed by atoms with van der Waals surface area (Å²) in [5.74, 6) is 0. The third kappa shape index (κ3) is 11.8. The lowest BCUT2D eigenvalue weighted by Crippen LogP contribution is -2.03. The Bertz CT molecular complexity index is 138. The smallest absolute Gasteiger partial charge is 0.327 e. The van der Waals surface area contributed by atoms with E-state index in [-0.39, 0.29) is 13.0 Å². The summed E-state index contributed by atoms with van der Waals surface area (Å²) < 4.78 is 4.24. The Morgan fingerprint density at radius 1 is 1.38 bits per heavy atom. The van der Waals surface area contributed by atoms with E-state index in [2.05, 4.69) is 9.84 Å². The molecule has 0 radical (unpaired) electrons. The summed E-state index contributed by atoms with van der Waals surface area (Å²) in [4.78, 5) is 16.1. The number of hydrogen-bond acceptors (Lipinski definition) is 5. The van der Waals surface area contributed by atoms with Crippen LogP contribution in [0.4, 0.5) is 0 Å². The standard InChI is InChI=1S/C4H9N.C3H6NO3P/c1-2-4-5-3-1;4-2-1-3-7-8(5)6/h5H,1-4H2;5-6H,1,3H2. The first-order valence-electron chi connectivity index (χ1n) is 4.16. The molecule has 1 aliphatic heterocycles. The number of rotatable bonds is 3. The van der Waals surface area contributed by atoms with Gasteiger partial charge < -0.3 is 19.6 Å². The monoisotopic (exact) mass is 206 g/mol. The van der Waals surface area contributed by atoms with Crippen molar-refractivity contribution < 1.29 is 14.3 Å². The Labute approximate surface area is 79.3 Å². The van der Waals surface area contributed by atoms with Crippen molar-refractivity contribution in [1.82, 2.24) is 5.32 Å². The van der Waals surface area contributed by atoms with Gasteiger partial charge >= 0.3 is 8.60 Å². The van der Waals surface area contributed by atoms with Gasteiger partial charge in [0.25, 0.3) is 0 Å². The zero-order chi connectivity index (χ0) is 9.94. The molecule has 0 amide bonds. The van der Waals surface area contributed by atoms with Crippen molar-refractivity contribution in [3.05, 3.63) is 0 Å². The Balaban J connectivity index is 0.000000243. The fourth-order valence-electron chi connectivity index (χ4n) is 0.798. The molecule has 0 bridgehead atoms. The molecule has 0 aromatic rings. The molecular weight excluding hydrogens is 191 g/mol. The highest BCUT2D eigenvalue weighted by molar-refractivity contribution is 7.39. The van der Waals surface area contributed by atoms with E-state index in [0.717, 1.165) is 0 Å². The van der Waals surface area contributed by atoms with E-state index in [1.165, 1.54) is 25.9 Å². The van der Waals surface area contributed by atoms with Gasteiger partial charge in [0.1, 0.15) is 0 Å². The second-order valence-electron chi connectivity index (χ2n) is 2.45. The van der Waals surface area contributed by atoms with Crippen LogP contribution in [-0.2, 0) is 4.52 Å². The second-order valence-corrected chi connectivity index (χ2v) is 3.21. The lowest BCUT2D eigenvalue weighted by molar-refractivity contribution is 0.261. The molecule has 1 aliphatic rings. The van der Waals surface area contributed by atoms with E-state index in [1.807, 2.05) is 0 Å². The molecule has 1 fully saturated rings. The van der Waals surface area contributed by atoms with Gasteiger partial charge in [-0.2, -0.15) is 5.26 Å². The van der Waals surface area contributed by atoms with Crippen molar-refractivity contribution in [2.24, 2.45) is 0 Å². The van der Waals surface area contributed by atoms with Gasteiger partial charge in [0.05, 0.1) is 19.1 Å². The highest BCUT2D eigenvalue weighted by atomic mass is 31.2. The number of hydrogen-bond donors (Lipinski definition) is 3. The van der Waals surface area contributed by atoms with Crippen LogP contribution in [0.25, 0.3) is 0 Å². The lowest BCUT2D eigenvalue weighted by atomic mass is 10.4. The fourth-order valence-corrected chi connectivity index (χ4v) is 1.05. The zero-order valence-corrected chi connectivity index (χ0v) is 8.33. The molecule has 5 nitrogen and oxygen atoms in total. The third-order valence-corrected chi connectivity index (χ3v) is 1.79. The van der Waals surface area contributed by atoms with Crippen molar-refractivity contribution in [2.45, 2.75) is 19.3 Å². The molecule has 0 atom stereocenters. The summed E-state index contributed by atoms with van der Waals surface area (Å²) in [6.45, 7) is 2.59. The highest BCUT2D eigenvalue weighted by Gasteiger charge is 1.95. The van der Waals surface area contributed by atoms with Crippen LogP contribution in [0.5, 0.6) is 0 Å². The molecule has 0 spiro atoms. The zero-order valence-electron chi connectivity index (χ0n) is 7.44. The number of nitrogens with one attached hydrogen (secondary N) is 1. The van der Waals surface area contributed by atoms with Gasteiger partial charge in [-0.05, 0) is 25.9 Å². The minimum absolute atomic E-state index is 0.0925. The van der Waals surface area contributed by atoms with Crippen LogP contribution in [-0.4, -0.2) is 29.5 Å². The Morgan fingerprint density at radius 3 is 2.31 bits per heavy atom. The highest BCUT2D eigenvalue weighted by Crippen LogP contribution is 2.23. The summed E-state index contributed by atoms with van der Waals surface area (Å²) in [5, 5.41) is 11.1. The van der Waals surface area contributed by atoms with Crippen LogP contribution in [0, 0.1) is 11.3 Å². The van der Waals surface area contributed by atoms with Crippen molar-refractivity contribution in [3.8, 4) is 6.07 Å². The first-order chi connectivity index (χ1) is 6.27. The fraction of sp³-hybridized carbons (Fsp3) is 0.857. The molecule has 0 saturated carbocycles. The van der Waals surface area contributed by atoms with Crippen molar-refractivity contribution in [2.75, 3.05) is 19.7 Å². The van der Waals surface area contributed by atoms with Crippen LogP contribution >= 0.6 is 8.60 Å². The topological polar surface area (TPSA) is 85.5 Å². The van der Waals surface area contributed by atoms with Crippen LogP contribution in [0.15, 0.2) is 0 Å². The molecular formula is C7H15N2O3P. The Hall–Kier alpha value is -0.240. The van der Waals surface area contributed by atoms with Crippen LogP contribution in [0.3, 0.4) is 0 Å². The third-order valence-electron chi connectivity index (χ3n) is 1.38. The molecule has 13 heavy (non-hydrogen) atoms. The molecule has 76 valence electrons. The first-order valence-corrected chi connectivity index (χ1v) is 5.32. The summed E-state index contributed by atoms with van der Waals surface area (Å²) >= 11 is 0. The van der Waals surface area contributed by atoms with Gasteiger partial charge in [-0.15, -0.1) is 0 Å². The average Bonchev–Trinajstić information content (AvgIpc) is 2.61. The maximum Gasteiger partial charge on any atom is 0.327 e. The van der Waals surface area contributed by atoms with Gasteiger partial charge in [0.2, 0.25) is 0 Å². The maximum atomic E-state index is 8.07. The van der Waals surface area contributed by atoms with Crippen molar-refractivity contribution in [1.29, 1.82) is 5.26 Å². The summed E-state index contributed by atoms with van der Waals surface area (Å²) in [7, 11) is -2.26. The molecule has 0 unspecified atom stereocenters. The Morgan fingerprint density at radius 2 is 2.00 bits per heavy atom. The SMILES string of the molecule is C1CCNC1.N#CCCOP(O)O. The van der Waals surface area contributed by atoms with Crippen LogP contribution < -0.4 is 5.32 Å². The minimum atomic E-state index is -2.26. The first kappa shape index (κ1) is 12.8. The Kier molecular flexibility index (Phi) is 9.66. The summed E-state index contributed by atoms with van der Waals surface area (Å²) in [6.07, 6.45) is 2.97. The summed E-state index contributed by atoms with van der Waals surface area (Å²) in [6, 6.07) is 1.79. The largest absolute Gasteiger partial charge is 0.328 e. The van der Waals surface area contributed by atoms with Gasteiger partial charge in [0.15, 0.2) is 0 Å². The molecule has 6 heteroatoms. The predicted molar refractivity (Wildman–Crippen MR) is 49.6 cm³/mol. The maximum absolute atomic E-state index is 8.07. The number of nitriles is 1. The average molecular weight is 206 g/mol. The van der Waals surface area contributed by atoms with Gasteiger partial charge in [-0.1, -0.05) is 0 Å². The quantitative estimate of drug-likeness (QED) is 0.462. The van der Waals surface area contributed by atoms with Gasteiger partial charge in [-0.3, -0.25) is 0 Å². The van der Waals surface area contributed by atoms with E-state index in [9.17, 15) is 0 Å². The van der Waals surface area contributed by atoms with Crippen LogP contribution in [0.2, 0.25) is 0 Å². The van der Waals surface area contributed by atoms with E-state index >= 15 is 0 Å².